The molecular weight excluding hydrogens is 244 g/mol. The topological polar surface area (TPSA) is 48.1 Å². The maximum Gasteiger partial charge on any atom is 0.0961 e. The Morgan fingerprint density at radius 2 is 2.11 bits per heavy atom. The first-order chi connectivity index (χ1) is 8.84. The van der Waals surface area contributed by atoms with Crippen molar-refractivity contribution in [3.8, 4) is 0 Å². The summed E-state index contributed by atoms with van der Waals surface area (Å²) in [6.45, 7) is 1.93. The van der Waals surface area contributed by atoms with E-state index < -0.39 is 0 Å². The van der Waals surface area contributed by atoms with Gasteiger partial charge in [0.05, 0.1) is 16.9 Å². The second-order valence-electron chi connectivity index (χ2n) is 4.83. The van der Waals surface area contributed by atoms with Crippen molar-refractivity contribution in [1.29, 1.82) is 0 Å². The van der Waals surface area contributed by atoms with Crippen LogP contribution in [0, 0.1) is 5.92 Å². The number of pyridine rings is 1. The monoisotopic (exact) mass is 266 g/mol. The maximum atomic E-state index is 5.60. The molecule has 1 aliphatic rings. The number of aromatic nitrogens is 1. The summed E-state index contributed by atoms with van der Waals surface area (Å²) in [5.74, 6) is 2.05. The molecule has 4 heteroatoms. The lowest BCUT2D eigenvalue weighted by atomic mass is 9.94. The number of rotatable bonds is 6. The fraction of sp³-hybridized carbons (Fsp3) is 0.643. The number of ether oxygens (including phenoxy) is 1. The van der Waals surface area contributed by atoms with Gasteiger partial charge in [-0.15, -0.1) is 11.8 Å². The van der Waals surface area contributed by atoms with E-state index in [1.165, 1.54) is 32.1 Å². The maximum absolute atomic E-state index is 5.60. The van der Waals surface area contributed by atoms with E-state index in [1.807, 2.05) is 23.9 Å². The van der Waals surface area contributed by atoms with Gasteiger partial charge in [-0.3, -0.25) is 0 Å². The van der Waals surface area contributed by atoms with E-state index in [0.717, 1.165) is 35.6 Å². The number of thioether (sulfide) groups is 1. The molecule has 1 aromatic heterocycles. The van der Waals surface area contributed by atoms with Crippen LogP contribution < -0.4 is 5.73 Å². The van der Waals surface area contributed by atoms with Gasteiger partial charge < -0.3 is 10.5 Å². The Balaban J connectivity index is 1.54. The minimum absolute atomic E-state index is 0.735. The Morgan fingerprint density at radius 1 is 1.28 bits per heavy atom. The molecule has 0 spiro atoms. The van der Waals surface area contributed by atoms with E-state index in [1.54, 1.807) is 6.20 Å². The number of nitrogens with zero attached hydrogens (tertiary/aromatic N) is 1. The number of nitrogens with two attached hydrogens (primary N) is 1. The van der Waals surface area contributed by atoms with E-state index in [9.17, 15) is 0 Å². The van der Waals surface area contributed by atoms with E-state index in [-0.39, 0.29) is 0 Å². The van der Waals surface area contributed by atoms with Crippen molar-refractivity contribution < 1.29 is 4.74 Å². The number of nitrogen functional groups attached to an aromatic ring is 1. The van der Waals surface area contributed by atoms with Crippen LogP contribution >= 0.6 is 11.8 Å². The number of hydrogen-bond acceptors (Lipinski definition) is 4. The third kappa shape index (κ3) is 4.86. The molecule has 100 valence electrons. The van der Waals surface area contributed by atoms with Gasteiger partial charge in [-0.05, 0) is 43.1 Å². The van der Waals surface area contributed by atoms with Crippen LogP contribution in [0.25, 0.3) is 0 Å². The van der Waals surface area contributed by atoms with Crippen LogP contribution in [-0.2, 0) is 4.74 Å². The number of anilines is 1. The Labute approximate surface area is 114 Å². The third-order valence-corrected chi connectivity index (χ3v) is 4.39. The van der Waals surface area contributed by atoms with E-state index in [2.05, 4.69) is 4.98 Å². The Bertz CT molecular complexity index is 336. The van der Waals surface area contributed by atoms with Crippen LogP contribution in [0.15, 0.2) is 23.4 Å². The zero-order valence-electron chi connectivity index (χ0n) is 10.8. The summed E-state index contributed by atoms with van der Waals surface area (Å²) in [6, 6.07) is 3.91. The molecule has 18 heavy (non-hydrogen) atoms. The predicted molar refractivity (Wildman–Crippen MR) is 76.8 cm³/mol. The van der Waals surface area contributed by atoms with E-state index in [0.29, 0.717) is 0 Å². The minimum Gasteiger partial charge on any atom is -0.397 e. The van der Waals surface area contributed by atoms with Gasteiger partial charge in [0.1, 0.15) is 0 Å². The van der Waals surface area contributed by atoms with Crippen molar-refractivity contribution >= 4 is 17.4 Å². The highest BCUT2D eigenvalue weighted by atomic mass is 32.2. The SMILES string of the molecule is Nc1ccc(SCCCCC2CCOCC2)nc1. The van der Waals surface area contributed by atoms with Crippen molar-refractivity contribution in [2.24, 2.45) is 5.92 Å². The zero-order valence-corrected chi connectivity index (χ0v) is 11.6. The third-order valence-electron chi connectivity index (χ3n) is 3.36. The van der Waals surface area contributed by atoms with Gasteiger partial charge in [0, 0.05) is 13.2 Å². The molecule has 2 N–H and O–H groups in total. The average molecular weight is 266 g/mol. The van der Waals surface area contributed by atoms with Crippen LogP contribution in [0.3, 0.4) is 0 Å². The molecule has 3 nitrogen and oxygen atoms in total. The fourth-order valence-electron chi connectivity index (χ4n) is 2.22. The first kappa shape index (κ1) is 13.7. The molecule has 0 atom stereocenters. The lowest BCUT2D eigenvalue weighted by Gasteiger charge is -2.21. The molecule has 1 aromatic rings. The Morgan fingerprint density at radius 3 is 2.83 bits per heavy atom. The number of unbranched alkanes of at least 4 members (excludes halogenated alkanes) is 1. The van der Waals surface area contributed by atoms with E-state index in [4.69, 9.17) is 10.5 Å². The standard InChI is InChI=1S/C14H22N2OS/c15-13-4-5-14(16-11-13)18-10-2-1-3-12-6-8-17-9-7-12/h4-5,11-12H,1-3,6-10,15H2. The summed E-state index contributed by atoms with van der Waals surface area (Å²) >= 11 is 1.82. The van der Waals surface area contributed by atoms with Gasteiger partial charge in [-0.2, -0.15) is 0 Å². The predicted octanol–water partition coefficient (Wildman–Crippen LogP) is 3.35. The molecule has 0 amide bonds. The van der Waals surface area contributed by atoms with Crippen molar-refractivity contribution in [3.05, 3.63) is 18.3 Å². The van der Waals surface area contributed by atoms with Gasteiger partial charge in [0.25, 0.3) is 0 Å². The van der Waals surface area contributed by atoms with Crippen LogP contribution in [0.4, 0.5) is 5.69 Å². The molecule has 0 aromatic carbocycles. The second kappa shape index (κ2) is 7.64. The normalized spacial score (nSPS) is 16.9. The highest BCUT2D eigenvalue weighted by Gasteiger charge is 2.12. The quantitative estimate of drug-likeness (QED) is 0.633. The molecule has 0 radical (unpaired) electrons. The summed E-state index contributed by atoms with van der Waals surface area (Å²) in [5, 5.41) is 1.08. The van der Waals surface area contributed by atoms with Crippen molar-refractivity contribution in [2.45, 2.75) is 37.1 Å². The average Bonchev–Trinajstić information content (AvgIpc) is 2.42. The van der Waals surface area contributed by atoms with Crippen molar-refractivity contribution in [3.63, 3.8) is 0 Å². The molecule has 2 rings (SSSR count). The molecule has 0 saturated carbocycles. The Kier molecular flexibility index (Phi) is 5.81. The molecule has 0 aliphatic carbocycles. The van der Waals surface area contributed by atoms with Crippen LogP contribution in [0.1, 0.15) is 32.1 Å². The first-order valence-electron chi connectivity index (χ1n) is 6.76. The highest BCUT2D eigenvalue weighted by Crippen LogP contribution is 2.23. The molecule has 0 unspecified atom stereocenters. The second-order valence-corrected chi connectivity index (χ2v) is 5.94. The van der Waals surface area contributed by atoms with Gasteiger partial charge in [0.2, 0.25) is 0 Å². The lowest BCUT2D eigenvalue weighted by Crippen LogP contribution is -2.15. The van der Waals surface area contributed by atoms with Crippen LogP contribution in [-0.4, -0.2) is 24.0 Å². The molecular formula is C14H22N2OS. The zero-order chi connectivity index (χ0) is 12.6. The molecule has 1 fully saturated rings. The summed E-state index contributed by atoms with van der Waals surface area (Å²) in [7, 11) is 0. The number of hydrogen-bond donors (Lipinski definition) is 1. The van der Waals surface area contributed by atoms with Crippen molar-refractivity contribution in [1.82, 2.24) is 4.98 Å². The van der Waals surface area contributed by atoms with Crippen LogP contribution in [0.5, 0.6) is 0 Å². The van der Waals surface area contributed by atoms with E-state index >= 15 is 0 Å². The Hall–Kier alpha value is -0.740. The summed E-state index contributed by atoms with van der Waals surface area (Å²) < 4.78 is 5.37. The lowest BCUT2D eigenvalue weighted by molar-refractivity contribution is 0.0633. The molecule has 0 bridgehead atoms. The van der Waals surface area contributed by atoms with Crippen molar-refractivity contribution in [2.75, 3.05) is 24.7 Å². The summed E-state index contributed by atoms with van der Waals surface area (Å²) in [6.07, 6.45) is 8.20. The van der Waals surface area contributed by atoms with Gasteiger partial charge in [-0.1, -0.05) is 12.8 Å². The largest absolute Gasteiger partial charge is 0.397 e. The summed E-state index contributed by atoms with van der Waals surface area (Å²) in [5.41, 5.74) is 6.34. The van der Waals surface area contributed by atoms with Gasteiger partial charge in [-0.25, -0.2) is 4.98 Å². The fourth-order valence-corrected chi connectivity index (χ4v) is 3.07. The molecule has 1 saturated heterocycles. The first-order valence-corrected chi connectivity index (χ1v) is 7.75. The minimum atomic E-state index is 0.735. The van der Waals surface area contributed by atoms with Gasteiger partial charge in [0.15, 0.2) is 0 Å². The smallest absolute Gasteiger partial charge is 0.0961 e. The molecule has 2 heterocycles. The summed E-state index contributed by atoms with van der Waals surface area (Å²) in [4.78, 5) is 4.29. The van der Waals surface area contributed by atoms with Gasteiger partial charge >= 0.3 is 0 Å². The highest BCUT2D eigenvalue weighted by molar-refractivity contribution is 7.99. The molecule has 1 aliphatic heterocycles. The van der Waals surface area contributed by atoms with Crippen LogP contribution in [0.2, 0.25) is 0 Å².